The molecular formula is C10H15ClOZr. The van der Waals surface area contributed by atoms with Gasteiger partial charge in [-0.25, -0.2) is 0 Å². The minimum Gasteiger partial charge on any atom is -0.508 e. The summed E-state index contributed by atoms with van der Waals surface area (Å²) in [6, 6.07) is 5.69. The van der Waals surface area contributed by atoms with Crippen LogP contribution >= 0.6 is 12.4 Å². The summed E-state index contributed by atoms with van der Waals surface area (Å²) in [6.07, 6.45) is 0. The molecule has 0 amide bonds. The third-order valence-corrected chi connectivity index (χ3v) is 1.75. The van der Waals surface area contributed by atoms with Crippen molar-refractivity contribution >= 4 is 12.4 Å². The minimum absolute atomic E-state index is 0. The number of hydrogen-bond acceptors (Lipinski definition) is 1. The van der Waals surface area contributed by atoms with Gasteiger partial charge in [-0.3, -0.25) is 0 Å². The van der Waals surface area contributed by atoms with Crippen LogP contribution in [0.4, 0.5) is 0 Å². The van der Waals surface area contributed by atoms with E-state index in [1.165, 1.54) is 5.56 Å². The summed E-state index contributed by atoms with van der Waals surface area (Å²) in [4.78, 5) is 0. The van der Waals surface area contributed by atoms with Crippen molar-refractivity contribution in [3.8, 4) is 5.75 Å². The first-order valence-electron chi connectivity index (χ1n) is 3.90. The molecule has 0 heterocycles. The first kappa shape index (κ1) is 15.7. The summed E-state index contributed by atoms with van der Waals surface area (Å²) in [6.45, 7) is 6.23. The number of rotatable bonds is 1. The zero-order valence-corrected chi connectivity index (χ0v) is 11.4. The fourth-order valence-corrected chi connectivity index (χ4v) is 1.13. The van der Waals surface area contributed by atoms with E-state index in [-0.39, 0.29) is 38.6 Å². The Morgan fingerprint density at radius 2 is 1.69 bits per heavy atom. The second-order valence-corrected chi connectivity index (χ2v) is 3.26. The van der Waals surface area contributed by atoms with Crippen molar-refractivity contribution in [2.24, 2.45) is 0 Å². The van der Waals surface area contributed by atoms with E-state index in [1.54, 1.807) is 6.07 Å². The fourth-order valence-electron chi connectivity index (χ4n) is 1.13. The average Bonchev–Trinajstić information content (AvgIpc) is 1.85. The number of aromatic hydroxyl groups is 1. The van der Waals surface area contributed by atoms with Crippen LogP contribution in [0.2, 0.25) is 0 Å². The second kappa shape index (κ2) is 6.62. The third-order valence-electron chi connectivity index (χ3n) is 1.75. The van der Waals surface area contributed by atoms with Gasteiger partial charge in [0.1, 0.15) is 5.75 Å². The first-order chi connectivity index (χ1) is 5.09. The van der Waals surface area contributed by atoms with Gasteiger partial charge in [0.2, 0.25) is 0 Å². The van der Waals surface area contributed by atoms with Gasteiger partial charge in [-0.15, -0.1) is 12.4 Å². The zero-order chi connectivity index (χ0) is 8.43. The van der Waals surface area contributed by atoms with Crippen molar-refractivity contribution in [3.05, 3.63) is 29.3 Å². The van der Waals surface area contributed by atoms with Crippen LogP contribution in [0.15, 0.2) is 18.2 Å². The molecule has 0 radical (unpaired) electrons. The maximum Gasteiger partial charge on any atom is 0.116 e. The Balaban J connectivity index is 0. The molecule has 0 aromatic heterocycles. The molecule has 72 valence electrons. The number of halogens is 1. The summed E-state index contributed by atoms with van der Waals surface area (Å²) in [5.41, 5.74) is 2.32. The predicted molar refractivity (Wildman–Crippen MR) is 54.2 cm³/mol. The molecule has 0 fully saturated rings. The van der Waals surface area contributed by atoms with Crippen LogP contribution in [0, 0.1) is 6.92 Å². The van der Waals surface area contributed by atoms with Crippen LogP contribution in [0.3, 0.4) is 0 Å². The van der Waals surface area contributed by atoms with E-state index < -0.39 is 0 Å². The molecule has 1 rings (SSSR count). The quantitative estimate of drug-likeness (QED) is 0.836. The summed E-state index contributed by atoms with van der Waals surface area (Å²) in [7, 11) is 0. The summed E-state index contributed by atoms with van der Waals surface area (Å²) in [5, 5.41) is 9.24. The fraction of sp³-hybridized carbons (Fsp3) is 0.400. The molecule has 1 aromatic rings. The average molecular weight is 278 g/mol. The predicted octanol–water partition coefficient (Wildman–Crippen LogP) is 3.24. The Bertz CT molecular complexity index is 241. The zero-order valence-electron chi connectivity index (χ0n) is 8.16. The molecule has 1 nitrogen and oxygen atoms in total. The maximum atomic E-state index is 9.24. The maximum absolute atomic E-state index is 9.24. The van der Waals surface area contributed by atoms with E-state index in [0.29, 0.717) is 11.7 Å². The molecule has 3 heteroatoms. The van der Waals surface area contributed by atoms with Gasteiger partial charge in [-0.2, -0.15) is 0 Å². The van der Waals surface area contributed by atoms with E-state index in [9.17, 15) is 5.11 Å². The standard InChI is InChI=1S/C10H14O.ClH.Zr/c1-7(2)9-4-8(3)5-10(11)6-9;;/h4-7,11H,1-3H3;1H;. The van der Waals surface area contributed by atoms with Gasteiger partial charge in [0.15, 0.2) is 0 Å². The molecule has 13 heavy (non-hydrogen) atoms. The van der Waals surface area contributed by atoms with Crippen LogP contribution in [-0.4, -0.2) is 5.11 Å². The normalized spacial score (nSPS) is 8.92. The van der Waals surface area contributed by atoms with Crippen LogP contribution in [0.25, 0.3) is 0 Å². The molecule has 1 N–H and O–H groups in total. The van der Waals surface area contributed by atoms with Crippen LogP contribution in [-0.2, 0) is 26.2 Å². The number of aryl methyl sites for hydroxylation is 1. The number of hydrogen-bond donors (Lipinski definition) is 1. The topological polar surface area (TPSA) is 20.2 Å². The minimum atomic E-state index is 0. The van der Waals surface area contributed by atoms with Gasteiger partial charge in [-0.1, -0.05) is 19.9 Å². The van der Waals surface area contributed by atoms with Crippen molar-refractivity contribution in [3.63, 3.8) is 0 Å². The Morgan fingerprint density at radius 1 is 1.15 bits per heavy atom. The molecule has 0 atom stereocenters. The van der Waals surface area contributed by atoms with Crippen LogP contribution < -0.4 is 0 Å². The van der Waals surface area contributed by atoms with Gasteiger partial charge in [0, 0.05) is 26.2 Å². The largest absolute Gasteiger partial charge is 0.508 e. The van der Waals surface area contributed by atoms with Crippen LogP contribution in [0.1, 0.15) is 30.9 Å². The molecule has 0 bridgehead atoms. The molecule has 1 aromatic carbocycles. The molecular weight excluding hydrogens is 263 g/mol. The Kier molecular flexibility index (Phi) is 7.97. The summed E-state index contributed by atoms with van der Waals surface area (Å²) in [5.74, 6) is 0.856. The van der Waals surface area contributed by atoms with Crippen molar-refractivity contribution in [1.29, 1.82) is 0 Å². The number of benzene rings is 1. The monoisotopic (exact) mass is 276 g/mol. The number of phenolic OH excluding ortho intramolecular Hbond substituents is 1. The van der Waals surface area contributed by atoms with Gasteiger partial charge >= 0.3 is 0 Å². The molecule has 0 spiro atoms. The smallest absolute Gasteiger partial charge is 0.116 e. The number of phenols is 1. The van der Waals surface area contributed by atoms with Gasteiger partial charge in [0.05, 0.1) is 0 Å². The first-order valence-corrected chi connectivity index (χ1v) is 3.90. The van der Waals surface area contributed by atoms with Gasteiger partial charge in [0.25, 0.3) is 0 Å². The van der Waals surface area contributed by atoms with E-state index in [0.717, 1.165) is 5.56 Å². The van der Waals surface area contributed by atoms with Crippen molar-refractivity contribution in [1.82, 2.24) is 0 Å². The van der Waals surface area contributed by atoms with Gasteiger partial charge in [-0.05, 0) is 36.1 Å². The second-order valence-electron chi connectivity index (χ2n) is 3.26. The Labute approximate surface area is 105 Å². The molecule has 0 aliphatic rings. The molecule has 0 aliphatic carbocycles. The van der Waals surface area contributed by atoms with Crippen LogP contribution in [0.5, 0.6) is 5.75 Å². The van der Waals surface area contributed by atoms with E-state index >= 15 is 0 Å². The van der Waals surface area contributed by atoms with E-state index in [2.05, 4.69) is 19.9 Å². The van der Waals surface area contributed by atoms with Crippen molar-refractivity contribution in [2.45, 2.75) is 26.7 Å². The Morgan fingerprint density at radius 3 is 2.08 bits per heavy atom. The van der Waals surface area contributed by atoms with Crippen molar-refractivity contribution < 1.29 is 31.3 Å². The molecule has 0 unspecified atom stereocenters. The van der Waals surface area contributed by atoms with E-state index in [1.807, 2.05) is 13.0 Å². The third kappa shape index (κ3) is 4.83. The summed E-state index contributed by atoms with van der Waals surface area (Å²) < 4.78 is 0. The SMILES string of the molecule is Cc1cc(O)cc(C(C)C)c1.Cl.[Zr]. The molecule has 0 aliphatic heterocycles. The Hall–Kier alpha value is 0.193. The van der Waals surface area contributed by atoms with Gasteiger partial charge < -0.3 is 5.11 Å². The summed E-state index contributed by atoms with van der Waals surface area (Å²) >= 11 is 0. The molecule has 0 saturated heterocycles. The van der Waals surface area contributed by atoms with Crippen molar-refractivity contribution in [2.75, 3.05) is 0 Å². The van der Waals surface area contributed by atoms with E-state index in [4.69, 9.17) is 0 Å². The molecule has 0 saturated carbocycles.